The quantitative estimate of drug-likeness (QED) is 0.747. The number of nitrogens with zero attached hydrogens (tertiary/aromatic N) is 1. The maximum absolute atomic E-state index is 10.9. The van der Waals surface area contributed by atoms with Crippen LogP contribution in [0.1, 0.15) is 0 Å². The Hall–Kier alpha value is -1.48. The van der Waals surface area contributed by atoms with Gasteiger partial charge < -0.3 is 0 Å². The first kappa shape index (κ1) is 9.09. The van der Waals surface area contributed by atoms with Gasteiger partial charge in [0.05, 0.1) is 0 Å². The third-order valence-electron chi connectivity index (χ3n) is 1.73. The largest absolute Gasteiger partial charge is 0.295 e. The van der Waals surface area contributed by atoms with Crippen LogP contribution in [0.3, 0.4) is 0 Å². The van der Waals surface area contributed by atoms with E-state index in [9.17, 15) is 4.79 Å². The molecular weight excluding hydrogens is 194 g/mol. The van der Waals surface area contributed by atoms with Crippen LogP contribution < -0.4 is 5.43 Å². The van der Waals surface area contributed by atoms with Crippen molar-refractivity contribution in [2.75, 3.05) is 0 Å². The molecule has 1 heterocycles. The Morgan fingerprint density at radius 2 is 1.57 bits per heavy atom. The van der Waals surface area contributed by atoms with Gasteiger partial charge in [-0.05, 0) is 24.1 Å². The highest BCUT2D eigenvalue weighted by atomic mass is 32.2. The topological polar surface area (TPSA) is 22.0 Å². The molecular formula is C11H9NOS. The predicted molar refractivity (Wildman–Crippen MR) is 58.4 cm³/mol. The molecule has 0 atom stereocenters. The van der Waals surface area contributed by atoms with Crippen molar-refractivity contribution in [3.05, 3.63) is 65.1 Å². The van der Waals surface area contributed by atoms with Crippen LogP contribution in [0.5, 0.6) is 0 Å². The van der Waals surface area contributed by atoms with Gasteiger partial charge in [-0.2, -0.15) is 0 Å². The van der Waals surface area contributed by atoms with Gasteiger partial charge in [-0.3, -0.25) is 8.77 Å². The average Bonchev–Trinajstić information content (AvgIpc) is 2.23. The smallest absolute Gasteiger partial charge is 0.181 e. The third-order valence-corrected chi connectivity index (χ3v) is 2.66. The minimum absolute atomic E-state index is 0.0370. The number of rotatable bonds is 2. The number of pyridine rings is 1. The fraction of sp³-hybridized carbons (Fsp3) is 0. The van der Waals surface area contributed by atoms with Gasteiger partial charge in [0.1, 0.15) is 0 Å². The molecule has 2 aromatic rings. The molecule has 0 aliphatic rings. The lowest BCUT2D eigenvalue weighted by atomic mass is 10.4. The van der Waals surface area contributed by atoms with Crippen LogP contribution in [0.15, 0.2) is 64.5 Å². The number of hydrogen-bond donors (Lipinski definition) is 0. The molecule has 2 nitrogen and oxygen atoms in total. The first-order chi connectivity index (χ1) is 6.84. The highest BCUT2D eigenvalue weighted by Crippen LogP contribution is 2.17. The van der Waals surface area contributed by atoms with Crippen LogP contribution in [0.2, 0.25) is 0 Å². The number of benzene rings is 1. The zero-order valence-corrected chi connectivity index (χ0v) is 8.28. The summed E-state index contributed by atoms with van der Waals surface area (Å²) in [5.74, 6) is 0. The molecule has 0 unspecified atom stereocenters. The van der Waals surface area contributed by atoms with Crippen LogP contribution in [0, 0.1) is 0 Å². The normalized spacial score (nSPS) is 10.0. The second-order valence-electron chi connectivity index (χ2n) is 2.80. The maximum atomic E-state index is 10.9. The zero-order chi connectivity index (χ0) is 9.80. The van der Waals surface area contributed by atoms with E-state index in [1.54, 1.807) is 36.5 Å². The molecule has 0 saturated heterocycles. The van der Waals surface area contributed by atoms with E-state index in [1.807, 2.05) is 34.3 Å². The van der Waals surface area contributed by atoms with Crippen LogP contribution in [-0.4, -0.2) is 3.97 Å². The van der Waals surface area contributed by atoms with Crippen LogP contribution in [0.25, 0.3) is 0 Å². The van der Waals surface area contributed by atoms with E-state index in [2.05, 4.69) is 0 Å². The van der Waals surface area contributed by atoms with Crippen LogP contribution in [-0.2, 0) is 0 Å². The molecule has 2 rings (SSSR count). The van der Waals surface area contributed by atoms with E-state index < -0.39 is 0 Å². The Kier molecular flexibility index (Phi) is 2.70. The minimum Gasteiger partial charge on any atom is -0.295 e. The van der Waals surface area contributed by atoms with Crippen molar-refractivity contribution in [3.63, 3.8) is 0 Å². The first-order valence-electron chi connectivity index (χ1n) is 4.26. The van der Waals surface area contributed by atoms with E-state index in [-0.39, 0.29) is 5.43 Å². The fourth-order valence-electron chi connectivity index (χ4n) is 1.06. The number of hydrogen-bond acceptors (Lipinski definition) is 2. The van der Waals surface area contributed by atoms with E-state index in [0.29, 0.717) is 0 Å². The Morgan fingerprint density at radius 1 is 0.929 bits per heavy atom. The van der Waals surface area contributed by atoms with Gasteiger partial charge in [0.2, 0.25) is 0 Å². The molecule has 0 amide bonds. The minimum atomic E-state index is 0.0370. The Bertz CT molecular complexity index is 444. The summed E-state index contributed by atoms with van der Waals surface area (Å²) < 4.78 is 1.90. The summed E-state index contributed by atoms with van der Waals surface area (Å²) in [5, 5.41) is 0. The second-order valence-corrected chi connectivity index (χ2v) is 3.87. The molecule has 1 aromatic carbocycles. The molecule has 70 valence electrons. The summed E-state index contributed by atoms with van der Waals surface area (Å²) in [6.07, 6.45) is 3.53. The molecule has 0 aliphatic carbocycles. The first-order valence-corrected chi connectivity index (χ1v) is 5.04. The van der Waals surface area contributed by atoms with Crippen molar-refractivity contribution in [2.45, 2.75) is 4.90 Å². The van der Waals surface area contributed by atoms with Gasteiger partial charge in [-0.15, -0.1) is 0 Å². The van der Waals surface area contributed by atoms with E-state index in [0.717, 1.165) is 4.90 Å². The maximum Gasteiger partial charge on any atom is 0.181 e. The van der Waals surface area contributed by atoms with E-state index >= 15 is 0 Å². The Morgan fingerprint density at radius 3 is 2.21 bits per heavy atom. The molecule has 3 heteroatoms. The van der Waals surface area contributed by atoms with Gasteiger partial charge in [-0.25, -0.2) is 0 Å². The summed E-state index contributed by atoms with van der Waals surface area (Å²) in [6.45, 7) is 0. The molecule has 0 bridgehead atoms. The number of aromatic nitrogens is 1. The van der Waals surface area contributed by atoms with E-state index in [4.69, 9.17) is 0 Å². The summed E-state index contributed by atoms with van der Waals surface area (Å²) >= 11 is 1.57. The molecule has 0 fully saturated rings. The summed E-state index contributed by atoms with van der Waals surface area (Å²) in [5.41, 5.74) is 0.0370. The molecule has 14 heavy (non-hydrogen) atoms. The third kappa shape index (κ3) is 2.26. The predicted octanol–water partition coefficient (Wildman–Crippen LogP) is 2.40. The van der Waals surface area contributed by atoms with Crippen molar-refractivity contribution in [3.8, 4) is 0 Å². The van der Waals surface area contributed by atoms with Gasteiger partial charge in [0.25, 0.3) is 0 Å². The van der Waals surface area contributed by atoms with Crippen molar-refractivity contribution in [2.24, 2.45) is 0 Å². The fourth-order valence-corrected chi connectivity index (χ4v) is 1.83. The van der Waals surface area contributed by atoms with Gasteiger partial charge in [0.15, 0.2) is 5.43 Å². The molecule has 1 aromatic heterocycles. The van der Waals surface area contributed by atoms with Gasteiger partial charge >= 0.3 is 0 Å². The lowest BCUT2D eigenvalue weighted by Gasteiger charge is -2.03. The molecule has 0 aliphatic heterocycles. The van der Waals surface area contributed by atoms with Crippen LogP contribution in [0.4, 0.5) is 0 Å². The molecule has 0 saturated carbocycles. The molecule has 0 spiro atoms. The monoisotopic (exact) mass is 203 g/mol. The standard InChI is InChI=1S/C11H9NOS/c13-10-6-8-12(9-7-10)14-11-4-2-1-3-5-11/h1-9H. The van der Waals surface area contributed by atoms with Gasteiger partial charge in [0, 0.05) is 29.4 Å². The SMILES string of the molecule is O=c1ccn(Sc2ccccc2)cc1. The lowest BCUT2D eigenvalue weighted by Crippen LogP contribution is -1.98. The van der Waals surface area contributed by atoms with Crippen molar-refractivity contribution < 1.29 is 0 Å². The Balaban J connectivity index is 2.19. The Labute approximate surface area is 86.3 Å². The summed E-state index contributed by atoms with van der Waals surface area (Å²) in [7, 11) is 0. The summed E-state index contributed by atoms with van der Waals surface area (Å²) in [4.78, 5) is 12.0. The highest BCUT2D eigenvalue weighted by Gasteiger charge is 1.92. The van der Waals surface area contributed by atoms with Crippen molar-refractivity contribution in [1.29, 1.82) is 0 Å². The van der Waals surface area contributed by atoms with Crippen molar-refractivity contribution >= 4 is 11.9 Å². The second kappa shape index (κ2) is 4.15. The van der Waals surface area contributed by atoms with E-state index in [1.165, 1.54) is 0 Å². The summed E-state index contributed by atoms with van der Waals surface area (Å²) in [6, 6.07) is 13.1. The highest BCUT2D eigenvalue weighted by molar-refractivity contribution is 7.97. The van der Waals surface area contributed by atoms with Gasteiger partial charge in [-0.1, -0.05) is 18.2 Å². The zero-order valence-electron chi connectivity index (χ0n) is 7.46. The van der Waals surface area contributed by atoms with Crippen molar-refractivity contribution in [1.82, 2.24) is 3.97 Å². The molecule has 0 N–H and O–H groups in total. The molecule has 0 radical (unpaired) electrons. The van der Waals surface area contributed by atoms with Crippen LogP contribution >= 0.6 is 11.9 Å². The lowest BCUT2D eigenvalue weighted by molar-refractivity contribution is 1.20. The average molecular weight is 203 g/mol.